The van der Waals surface area contributed by atoms with Crippen molar-refractivity contribution >= 4 is 33.4 Å². The second-order valence-corrected chi connectivity index (χ2v) is 13.6. The number of nitrogens with zero attached hydrogens (tertiary/aromatic N) is 7. The highest BCUT2D eigenvalue weighted by Crippen LogP contribution is 2.41. The molecule has 3 fully saturated rings. The summed E-state index contributed by atoms with van der Waals surface area (Å²) < 4.78 is 38.1. The Kier molecular flexibility index (Phi) is 8.20. The van der Waals surface area contributed by atoms with Crippen LogP contribution < -0.4 is 9.64 Å². The zero-order valence-electron chi connectivity index (χ0n) is 27.7. The molecule has 0 saturated carbocycles. The molecule has 2 aromatic carbocycles. The van der Waals surface area contributed by atoms with Gasteiger partial charge in [0.1, 0.15) is 29.5 Å². The number of benzene rings is 2. The van der Waals surface area contributed by atoms with Crippen molar-refractivity contribution in [2.75, 3.05) is 44.7 Å². The van der Waals surface area contributed by atoms with Crippen LogP contribution in [0.4, 0.5) is 14.6 Å². The molecule has 5 heterocycles. The number of carbonyl (C=O) groups excluding carboxylic acids is 1. The van der Waals surface area contributed by atoms with Crippen LogP contribution in [0, 0.1) is 40.7 Å². The van der Waals surface area contributed by atoms with Crippen molar-refractivity contribution in [1.29, 1.82) is 5.26 Å². The highest BCUT2D eigenvalue weighted by atomic mass is 19.1. The molecule has 0 aliphatic carbocycles. The van der Waals surface area contributed by atoms with E-state index in [1.165, 1.54) is 18.3 Å². The number of hydrogen-bond acceptors (Lipinski definition) is 8. The largest absolute Gasteiger partial charge is 0.461 e. The zero-order valence-corrected chi connectivity index (χ0v) is 27.7. The normalized spacial score (nSPS) is 21.4. The summed E-state index contributed by atoms with van der Waals surface area (Å²) in [5, 5.41) is 11.5. The van der Waals surface area contributed by atoms with Gasteiger partial charge in [0, 0.05) is 37.3 Å². The predicted octanol–water partition coefficient (Wildman–Crippen LogP) is 5.86. The van der Waals surface area contributed by atoms with E-state index in [0.717, 1.165) is 38.8 Å². The Morgan fingerprint density at radius 2 is 1.96 bits per heavy atom. The third-order valence-corrected chi connectivity index (χ3v) is 10.8. The third kappa shape index (κ3) is 5.33. The molecule has 4 aromatic rings. The van der Waals surface area contributed by atoms with Gasteiger partial charge in [-0.2, -0.15) is 15.2 Å². The molecule has 0 bridgehead atoms. The molecule has 3 saturated heterocycles. The smallest absolute Gasteiger partial charge is 0.319 e. The molecule has 2 atom stereocenters. The first kappa shape index (κ1) is 32.4. The standard InChI is InChI=1S/C38H37F2N7O2/c1-5-25-28(39)13-12-24-10-7-11-26(31(24)25)33-32(40)34-27(20-42-33)35(44-36(43-34)49-23-38-14-8-17-46(38)18-9-15-38)45(4)21-29-37(3,22-41)16-19-47(29)30(48)6-2/h1,6-7,10-13,20,29H,2,8-9,14-19,21,23H2,3-4H3/t29-,37?/m1/s1. The minimum Gasteiger partial charge on any atom is -0.461 e. The van der Waals surface area contributed by atoms with E-state index in [1.54, 1.807) is 41.1 Å². The minimum absolute atomic E-state index is 0.0142. The van der Waals surface area contributed by atoms with Crippen LogP contribution in [0.2, 0.25) is 0 Å². The number of terminal acetylenes is 1. The van der Waals surface area contributed by atoms with E-state index in [4.69, 9.17) is 16.1 Å². The average molecular weight is 662 g/mol. The van der Waals surface area contributed by atoms with E-state index in [0.29, 0.717) is 47.1 Å². The van der Waals surface area contributed by atoms with Crippen molar-refractivity contribution in [2.24, 2.45) is 5.41 Å². The molecular formula is C38H37F2N7O2. The predicted molar refractivity (Wildman–Crippen MR) is 184 cm³/mol. The number of likely N-dealkylation sites (tertiary alicyclic amines) is 1. The van der Waals surface area contributed by atoms with E-state index in [2.05, 4.69) is 33.4 Å². The molecule has 11 heteroatoms. The van der Waals surface area contributed by atoms with Gasteiger partial charge in [0.2, 0.25) is 5.91 Å². The number of pyridine rings is 1. The van der Waals surface area contributed by atoms with Crippen LogP contribution in [0.25, 0.3) is 32.9 Å². The lowest BCUT2D eigenvalue weighted by Crippen LogP contribution is -2.47. The fourth-order valence-electron chi connectivity index (χ4n) is 8.09. The van der Waals surface area contributed by atoms with Gasteiger partial charge < -0.3 is 14.5 Å². The van der Waals surface area contributed by atoms with Crippen LogP contribution in [0.15, 0.2) is 49.2 Å². The first-order valence-electron chi connectivity index (χ1n) is 16.6. The molecule has 3 aliphatic heterocycles. The molecule has 49 heavy (non-hydrogen) atoms. The molecular weight excluding hydrogens is 624 g/mol. The number of nitriles is 1. The molecule has 1 unspecified atom stereocenters. The Labute approximate surface area is 284 Å². The Hall–Kier alpha value is -5.13. The summed E-state index contributed by atoms with van der Waals surface area (Å²) in [6.45, 7) is 8.53. The SMILES string of the molecule is C#Cc1c(F)ccc2cccc(-c3ncc4c(N(C)C[C@H]5N(C(=O)C=C)CCC5(C)C#N)nc(OCC56CCCN5CCC6)nc4c3F)c12. The summed E-state index contributed by atoms with van der Waals surface area (Å²) in [7, 11) is 1.78. The summed E-state index contributed by atoms with van der Waals surface area (Å²) in [5.41, 5.74) is -0.624. The molecule has 0 N–H and O–H groups in total. The van der Waals surface area contributed by atoms with Gasteiger partial charge in [0.05, 0.1) is 34.0 Å². The second-order valence-electron chi connectivity index (χ2n) is 13.6. The number of halogens is 2. The molecule has 0 radical (unpaired) electrons. The van der Waals surface area contributed by atoms with E-state index in [-0.39, 0.29) is 40.8 Å². The number of fused-ring (bicyclic) bond motifs is 3. The zero-order chi connectivity index (χ0) is 34.5. The Morgan fingerprint density at radius 3 is 2.67 bits per heavy atom. The van der Waals surface area contributed by atoms with Gasteiger partial charge in [-0.3, -0.25) is 14.7 Å². The number of hydrogen-bond donors (Lipinski definition) is 0. The maximum atomic E-state index is 16.9. The number of amides is 1. The third-order valence-electron chi connectivity index (χ3n) is 10.8. The summed E-state index contributed by atoms with van der Waals surface area (Å²) in [4.78, 5) is 32.7. The van der Waals surface area contributed by atoms with Crippen molar-refractivity contribution in [1.82, 2.24) is 24.8 Å². The van der Waals surface area contributed by atoms with Gasteiger partial charge in [-0.05, 0) is 69.6 Å². The summed E-state index contributed by atoms with van der Waals surface area (Å²) >= 11 is 0. The molecule has 7 rings (SSSR count). The van der Waals surface area contributed by atoms with Crippen LogP contribution in [-0.2, 0) is 4.79 Å². The van der Waals surface area contributed by atoms with Gasteiger partial charge in [0.25, 0.3) is 0 Å². The van der Waals surface area contributed by atoms with Gasteiger partial charge >= 0.3 is 6.01 Å². The van der Waals surface area contributed by atoms with Crippen LogP contribution in [0.3, 0.4) is 0 Å². The molecule has 1 amide bonds. The first-order chi connectivity index (χ1) is 23.6. The maximum Gasteiger partial charge on any atom is 0.319 e. The average Bonchev–Trinajstić information content (AvgIpc) is 3.80. The second kappa shape index (κ2) is 12.4. The number of aromatic nitrogens is 3. The number of ether oxygens (including phenoxy) is 1. The molecule has 3 aliphatic rings. The summed E-state index contributed by atoms with van der Waals surface area (Å²) in [6.07, 6.45) is 13.2. The van der Waals surface area contributed by atoms with Crippen molar-refractivity contribution < 1.29 is 18.3 Å². The minimum atomic E-state index is -0.822. The number of anilines is 1. The number of likely N-dealkylation sites (N-methyl/N-ethyl adjacent to an activating group) is 1. The van der Waals surface area contributed by atoms with Crippen molar-refractivity contribution in [3.63, 3.8) is 0 Å². The number of rotatable bonds is 8. The Bertz CT molecular complexity index is 2080. The molecule has 9 nitrogen and oxygen atoms in total. The summed E-state index contributed by atoms with van der Waals surface area (Å²) in [6, 6.07) is 10.0. The Morgan fingerprint density at radius 1 is 1.18 bits per heavy atom. The van der Waals surface area contributed by atoms with Gasteiger partial charge in [-0.15, -0.1) is 6.42 Å². The highest BCUT2D eigenvalue weighted by Gasteiger charge is 2.47. The van der Waals surface area contributed by atoms with Crippen molar-refractivity contribution in [3.8, 4) is 35.7 Å². The van der Waals surface area contributed by atoms with Crippen LogP contribution >= 0.6 is 0 Å². The topological polar surface area (TPSA) is 98.5 Å². The summed E-state index contributed by atoms with van der Waals surface area (Å²) in [5.74, 6) is 1.19. The highest BCUT2D eigenvalue weighted by molar-refractivity contribution is 6.02. The molecule has 0 spiro atoms. The van der Waals surface area contributed by atoms with E-state index in [1.807, 2.05) is 6.92 Å². The van der Waals surface area contributed by atoms with Crippen molar-refractivity contribution in [3.05, 3.63) is 66.4 Å². The molecule has 2 aromatic heterocycles. The van der Waals surface area contributed by atoms with Crippen LogP contribution in [-0.4, -0.2) is 82.1 Å². The van der Waals surface area contributed by atoms with E-state index >= 15 is 4.39 Å². The van der Waals surface area contributed by atoms with Crippen LogP contribution in [0.1, 0.15) is 44.6 Å². The van der Waals surface area contributed by atoms with Crippen molar-refractivity contribution in [2.45, 2.75) is 50.6 Å². The van der Waals surface area contributed by atoms with E-state index in [9.17, 15) is 14.4 Å². The first-order valence-corrected chi connectivity index (χ1v) is 16.6. The lowest BCUT2D eigenvalue weighted by Gasteiger charge is -2.34. The van der Waals surface area contributed by atoms with Crippen LogP contribution in [0.5, 0.6) is 6.01 Å². The Balaban J connectivity index is 1.35. The fraction of sp³-hybridized carbons (Fsp3) is 0.395. The lowest BCUT2D eigenvalue weighted by molar-refractivity contribution is -0.127. The van der Waals surface area contributed by atoms with Gasteiger partial charge in [-0.1, -0.05) is 36.8 Å². The quantitative estimate of drug-likeness (QED) is 0.171. The van der Waals surface area contributed by atoms with Gasteiger partial charge in [-0.25, -0.2) is 8.78 Å². The van der Waals surface area contributed by atoms with E-state index < -0.39 is 23.1 Å². The van der Waals surface area contributed by atoms with Gasteiger partial charge in [0.15, 0.2) is 5.82 Å². The monoisotopic (exact) mass is 661 g/mol. The molecule has 250 valence electrons. The lowest BCUT2D eigenvalue weighted by atomic mass is 9.83. The number of carbonyl (C=O) groups is 1. The fourth-order valence-corrected chi connectivity index (χ4v) is 8.09. The maximum absolute atomic E-state index is 16.9.